The summed E-state index contributed by atoms with van der Waals surface area (Å²) in [5.41, 5.74) is 1.63. The van der Waals surface area contributed by atoms with Crippen LogP contribution in [0.2, 0.25) is 0 Å². The first-order valence-corrected chi connectivity index (χ1v) is 9.33. The lowest BCUT2D eigenvalue weighted by Gasteiger charge is -2.14. The van der Waals surface area contributed by atoms with Crippen molar-refractivity contribution in [1.82, 2.24) is 5.32 Å². The minimum atomic E-state index is -0.268. The molecule has 0 spiro atoms. The van der Waals surface area contributed by atoms with E-state index in [4.69, 9.17) is 31.2 Å². The van der Waals surface area contributed by atoms with E-state index in [0.29, 0.717) is 45.9 Å². The van der Waals surface area contributed by atoms with Crippen LogP contribution in [-0.2, 0) is 4.79 Å². The number of thiocarbonyl (C=S) groups is 1. The zero-order valence-corrected chi connectivity index (χ0v) is 17.5. The minimum Gasteiger partial charge on any atom is -0.496 e. The van der Waals surface area contributed by atoms with Crippen LogP contribution in [0.25, 0.3) is 6.08 Å². The summed E-state index contributed by atoms with van der Waals surface area (Å²) in [5, 5.41) is 3.26. The van der Waals surface area contributed by atoms with Crippen LogP contribution in [0, 0.1) is 0 Å². The Morgan fingerprint density at radius 3 is 2.21 bits per heavy atom. The van der Waals surface area contributed by atoms with E-state index in [-0.39, 0.29) is 5.91 Å². The van der Waals surface area contributed by atoms with Crippen LogP contribution in [0.5, 0.6) is 23.0 Å². The highest BCUT2D eigenvalue weighted by Crippen LogP contribution is 2.36. The lowest BCUT2D eigenvalue weighted by molar-refractivity contribution is -0.113. The third-order valence-electron chi connectivity index (χ3n) is 4.32. The van der Waals surface area contributed by atoms with Gasteiger partial charge >= 0.3 is 0 Å². The summed E-state index contributed by atoms with van der Waals surface area (Å²) < 4.78 is 21.5. The van der Waals surface area contributed by atoms with Gasteiger partial charge in [0.25, 0.3) is 5.91 Å². The Balaban J connectivity index is 1.94. The van der Waals surface area contributed by atoms with Crippen LogP contribution < -0.4 is 29.2 Å². The molecule has 3 rings (SSSR count). The molecule has 1 fully saturated rings. The van der Waals surface area contributed by atoms with Gasteiger partial charge in [0, 0.05) is 11.6 Å². The number of nitrogens with one attached hydrogen (secondary N) is 1. The molecule has 1 heterocycles. The average molecular weight is 414 g/mol. The van der Waals surface area contributed by atoms with E-state index in [1.54, 1.807) is 63.8 Å². The van der Waals surface area contributed by atoms with Crippen LogP contribution >= 0.6 is 12.2 Å². The Morgan fingerprint density at radius 2 is 1.62 bits per heavy atom. The van der Waals surface area contributed by atoms with Gasteiger partial charge in [-0.25, -0.2) is 0 Å². The summed E-state index contributed by atoms with van der Waals surface area (Å²) >= 11 is 5.37. The number of nitrogens with zero attached hydrogens (tertiary/aromatic N) is 1. The Morgan fingerprint density at radius 1 is 1.00 bits per heavy atom. The molecule has 0 atom stereocenters. The smallest absolute Gasteiger partial charge is 0.281 e. The average Bonchev–Trinajstić information content (AvgIpc) is 3.01. The van der Waals surface area contributed by atoms with Gasteiger partial charge in [-0.3, -0.25) is 9.69 Å². The second-order valence-electron chi connectivity index (χ2n) is 6.00. The molecule has 2 aromatic rings. The van der Waals surface area contributed by atoms with E-state index >= 15 is 0 Å². The van der Waals surface area contributed by atoms with E-state index < -0.39 is 0 Å². The number of carbonyl (C=O) groups is 1. The first kappa shape index (κ1) is 20.5. The van der Waals surface area contributed by atoms with E-state index in [2.05, 4.69) is 5.32 Å². The number of methoxy groups -OCH3 is 3. The van der Waals surface area contributed by atoms with Gasteiger partial charge in [-0.1, -0.05) is 0 Å². The molecule has 8 heteroatoms. The van der Waals surface area contributed by atoms with E-state index in [1.165, 1.54) is 4.90 Å². The lowest BCUT2D eigenvalue weighted by atomic mass is 10.1. The molecule has 29 heavy (non-hydrogen) atoms. The molecule has 0 saturated carbocycles. The van der Waals surface area contributed by atoms with Gasteiger partial charge in [0.1, 0.15) is 17.2 Å². The number of ether oxygens (including phenoxy) is 4. The lowest BCUT2D eigenvalue weighted by Crippen LogP contribution is -2.30. The fourth-order valence-corrected chi connectivity index (χ4v) is 3.25. The quantitative estimate of drug-likeness (QED) is 0.550. The predicted octanol–water partition coefficient (Wildman–Crippen LogP) is 3.37. The maximum absolute atomic E-state index is 13.0. The van der Waals surface area contributed by atoms with Gasteiger partial charge in [-0.05, 0) is 55.5 Å². The maximum atomic E-state index is 13.0. The maximum Gasteiger partial charge on any atom is 0.281 e. The summed E-state index contributed by atoms with van der Waals surface area (Å²) in [5.74, 6) is 2.05. The van der Waals surface area contributed by atoms with E-state index in [0.717, 1.165) is 5.75 Å². The standard InChI is InChI=1S/C21H22N2O5S/c1-5-28-15-8-6-14(7-9-15)23-20(24)16(22-21(23)29)10-13-11-18(26-3)19(27-4)12-17(13)25-2/h6-12H,5H2,1-4H3,(H,22,29)/b16-10-. The molecular formula is C21H22N2O5S. The fraction of sp³-hybridized carbons (Fsp3) is 0.238. The summed E-state index contributed by atoms with van der Waals surface area (Å²) in [6, 6.07) is 10.6. The number of hydrogen-bond acceptors (Lipinski definition) is 6. The fourth-order valence-electron chi connectivity index (χ4n) is 2.95. The topological polar surface area (TPSA) is 69.3 Å². The SMILES string of the molecule is CCOc1ccc(N2C(=O)/C(=C/c3cc(OC)c(OC)cc3OC)NC2=S)cc1. The molecule has 1 N–H and O–H groups in total. The van der Waals surface area contributed by atoms with Gasteiger partial charge in [0.2, 0.25) is 0 Å². The monoisotopic (exact) mass is 414 g/mol. The van der Waals surface area contributed by atoms with Crippen LogP contribution in [0.3, 0.4) is 0 Å². The van der Waals surface area contributed by atoms with Crippen molar-refractivity contribution in [2.45, 2.75) is 6.92 Å². The molecule has 1 amide bonds. The van der Waals surface area contributed by atoms with Gasteiger partial charge in [0.05, 0.1) is 33.6 Å². The van der Waals surface area contributed by atoms with Crippen molar-refractivity contribution in [3.05, 3.63) is 47.7 Å². The normalized spacial score (nSPS) is 14.8. The summed E-state index contributed by atoms with van der Waals surface area (Å²) in [4.78, 5) is 14.4. The Hall–Kier alpha value is -3.26. The van der Waals surface area contributed by atoms with E-state index in [9.17, 15) is 4.79 Å². The van der Waals surface area contributed by atoms with Crippen molar-refractivity contribution in [3.8, 4) is 23.0 Å². The zero-order chi connectivity index (χ0) is 21.0. The van der Waals surface area contributed by atoms with Gasteiger partial charge < -0.3 is 24.3 Å². The number of rotatable bonds is 7. The van der Waals surface area contributed by atoms with Crippen molar-refractivity contribution in [2.75, 3.05) is 32.8 Å². The number of amides is 1. The van der Waals surface area contributed by atoms with Crippen LogP contribution in [-0.4, -0.2) is 39.0 Å². The van der Waals surface area contributed by atoms with E-state index in [1.807, 2.05) is 6.92 Å². The van der Waals surface area contributed by atoms with Gasteiger partial charge in [-0.2, -0.15) is 0 Å². The minimum absolute atomic E-state index is 0.268. The van der Waals surface area contributed by atoms with Crippen molar-refractivity contribution < 1.29 is 23.7 Å². The highest BCUT2D eigenvalue weighted by atomic mass is 32.1. The Labute approximate surface area is 174 Å². The molecule has 2 aromatic carbocycles. The highest BCUT2D eigenvalue weighted by molar-refractivity contribution is 7.80. The predicted molar refractivity (Wildman–Crippen MR) is 115 cm³/mol. The van der Waals surface area contributed by atoms with Crippen LogP contribution in [0.4, 0.5) is 5.69 Å². The summed E-state index contributed by atoms with van der Waals surface area (Å²) in [7, 11) is 4.64. The second kappa shape index (κ2) is 8.83. The second-order valence-corrected chi connectivity index (χ2v) is 6.39. The third kappa shape index (κ3) is 4.12. The summed E-state index contributed by atoms with van der Waals surface area (Å²) in [6.45, 7) is 2.48. The molecule has 1 aliphatic rings. The molecule has 0 radical (unpaired) electrons. The Kier molecular flexibility index (Phi) is 6.23. The van der Waals surface area contributed by atoms with Crippen LogP contribution in [0.1, 0.15) is 12.5 Å². The molecule has 1 saturated heterocycles. The zero-order valence-electron chi connectivity index (χ0n) is 16.6. The molecular weight excluding hydrogens is 392 g/mol. The van der Waals surface area contributed by atoms with Crippen molar-refractivity contribution in [2.24, 2.45) is 0 Å². The molecule has 1 aliphatic heterocycles. The van der Waals surface area contributed by atoms with Crippen LogP contribution in [0.15, 0.2) is 42.1 Å². The molecule has 152 valence electrons. The molecule has 0 aliphatic carbocycles. The number of anilines is 1. The van der Waals surface area contributed by atoms with Crippen molar-refractivity contribution in [1.29, 1.82) is 0 Å². The number of benzene rings is 2. The summed E-state index contributed by atoms with van der Waals surface area (Å²) in [6.07, 6.45) is 1.67. The number of carbonyl (C=O) groups excluding carboxylic acids is 1. The highest BCUT2D eigenvalue weighted by Gasteiger charge is 2.32. The molecule has 0 unspecified atom stereocenters. The van der Waals surface area contributed by atoms with Gasteiger partial charge in [0.15, 0.2) is 16.6 Å². The first-order valence-electron chi connectivity index (χ1n) is 8.92. The molecule has 0 aromatic heterocycles. The third-order valence-corrected chi connectivity index (χ3v) is 4.60. The largest absolute Gasteiger partial charge is 0.496 e. The van der Waals surface area contributed by atoms with Crippen molar-refractivity contribution in [3.63, 3.8) is 0 Å². The molecule has 7 nitrogen and oxygen atoms in total. The number of hydrogen-bond donors (Lipinski definition) is 1. The van der Waals surface area contributed by atoms with Crippen molar-refractivity contribution >= 4 is 35.0 Å². The van der Waals surface area contributed by atoms with Gasteiger partial charge in [-0.15, -0.1) is 0 Å². The Bertz CT molecular complexity index is 956. The first-order chi connectivity index (χ1) is 14.0. The molecule has 0 bridgehead atoms.